The zero-order valence-electron chi connectivity index (χ0n) is 17.5. The molecule has 2 heterocycles. The number of benzene rings is 2. The maximum Gasteiger partial charge on any atom is 0.294 e. The van der Waals surface area contributed by atoms with Crippen LogP contribution >= 0.6 is 0 Å². The molecule has 5 rings (SSSR count). The number of nitro groups is 1. The second-order valence-electron chi connectivity index (χ2n) is 8.50. The Labute approximate surface area is 184 Å². The van der Waals surface area contributed by atoms with Crippen molar-refractivity contribution in [1.82, 2.24) is 4.98 Å². The number of carbonyl (C=O) groups is 2. The van der Waals surface area contributed by atoms with Crippen LogP contribution in [0.3, 0.4) is 0 Å². The molecule has 32 heavy (non-hydrogen) atoms. The fourth-order valence-corrected chi connectivity index (χ4v) is 5.05. The highest BCUT2D eigenvalue weighted by atomic mass is 16.6. The van der Waals surface area contributed by atoms with Gasteiger partial charge in [0, 0.05) is 29.7 Å². The summed E-state index contributed by atoms with van der Waals surface area (Å²) in [7, 11) is 0. The molecule has 8 heteroatoms. The van der Waals surface area contributed by atoms with E-state index in [1.807, 2.05) is 30.5 Å². The predicted octanol–water partition coefficient (Wildman–Crippen LogP) is 4.41. The standard InChI is InChI=1S/C24H24N4O4/c29-23-18-6-1-2-7-19(18)24(30)27(23)16-9-10-21(22(13-16)28(31)32)25-12-11-15-14-26-20-8-4-3-5-17(15)20/h3-5,8-10,13-14,18-19,25-26H,1-2,6-7,11-12H2/t18-,19+. The van der Waals surface area contributed by atoms with Crippen LogP contribution in [0.2, 0.25) is 0 Å². The molecule has 164 valence electrons. The van der Waals surface area contributed by atoms with Gasteiger partial charge < -0.3 is 10.3 Å². The first-order chi connectivity index (χ1) is 15.5. The van der Waals surface area contributed by atoms with E-state index in [2.05, 4.69) is 10.3 Å². The van der Waals surface area contributed by atoms with Crippen LogP contribution in [0.4, 0.5) is 17.1 Å². The number of imide groups is 1. The van der Waals surface area contributed by atoms with Crippen molar-refractivity contribution in [1.29, 1.82) is 0 Å². The molecule has 0 radical (unpaired) electrons. The molecule has 1 saturated carbocycles. The van der Waals surface area contributed by atoms with Gasteiger partial charge in [-0.05, 0) is 43.0 Å². The third-order valence-electron chi connectivity index (χ3n) is 6.66. The van der Waals surface area contributed by atoms with Crippen LogP contribution in [0.1, 0.15) is 31.2 Å². The number of anilines is 2. The number of nitrogens with zero attached hydrogens (tertiary/aromatic N) is 2. The molecule has 0 unspecified atom stereocenters. The number of carbonyl (C=O) groups excluding carboxylic acids is 2. The number of hydrogen-bond acceptors (Lipinski definition) is 5. The van der Waals surface area contributed by atoms with Crippen molar-refractivity contribution in [2.24, 2.45) is 11.8 Å². The van der Waals surface area contributed by atoms with E-state index in [0.717, 1.165) is 34.2 Å². The minimum atomic E-state index is -0.477. The number of amides is 2. The van der Waals surface area contributed by atoms with Gasteiger partial charge in [0.05, 0.1) is 22.4 Å². The normalized spacial score (nSPS) is 20.6. The lowest BCUT2D eigenvalue weighted by Crippen LogP contribution is -2.30. The molecule has 1 aromatic heterocycles. The number of H-pyrrole nitrogens is 1. The first kappa shape index (κ1) is 20.2. The second kappa shape index (κ2) is 8.11. The van der Waals surface area contributed by atoms with Crippen LogP contribution in [-0.4, -0.2) is 28.3 Å². The largest absolute Gasteiger partial charge is 0.379 e. The fourth-order valence-electron chi connectivity index (χ4n) is 5.05. The average molecular weight is 432 g/mol. The van der Waals surface area contributed by atoms with Gasteiger partial charge in [0.1, 0.15) is 5.69 Å². The molecule has 3 aromatic rings. The van der Waals surface area contributed by atoms with Gasteiger partial charge >= 0.3 is 0 Å². The van der Waals surface area contributed by atoms with E-state index in [0.29, 0.717) is 31.5 Å². The minimum absolute atomic E-state index is 0.142. The Morgan fingerprint density at radius 3 is 2.50 bits per heavy atom. The highest BCUT2D eigenvalue weighted by Gasteiger charge is 2.49. The van der Waals surface area contributed by atoms with Crippen molar-refractivity contribution in [2.45, 2.75) is 32.1 Å². The number of fused-ring (bicyclic) bond motifs is 2. The third-order valence-corrected chi connectivity index (χ3v) is 6.66. The summed E-state index contributed by atoms with van der Waals surface area (Å²) in [4.78, 5) is 41.3. The molecule has 2 N–H and O–H groups in total. The molecular formula is C24H24N4O4. The summed E-state index contributed by atoms with van der Waals surface area (Å²) >= 11 is 0. The van der Waals surface area contributed by atoms with Gasteiger partial charge in [-0.2, -0.15) is 0 Å². The summed E-state index contributed by atoms with van der Waals surface area (Å²) in [6, 6.07) is 12.5. The van der Waals surface area contributed by atoms with Gasteiger partial charge in [-0.1, -0.05) is 31.0 Å². The van der Waals surface area contributed by atoms with Crippen molar-refractivity contribution in [3.63, 3.8) is 0 Å². The molecular weight excluding hydrogens is 408 g/mol. The van der Waals surface area contributed by atoms with Crippen molar-refractivity contribution < 1.29 is 14.5 Å². The number of para-hydroxylation sites is 1. The molecule has 1 saturated heterocycles. The Kier molecular flexibility index (Phi) is 5.13. The number of nitrogens with one attached hydrogen (secondary N) is 2. The topological polar surface area (TPSA) is 108 Å². The van der Waals surface area contributed by atoms with Gasteiger partial charge in [0.2, 0.25) is 11.8 Å². The number of aromatic nitrogens is 1. The van der Waals surface area contributed by atoms with E-state index < -0.39 is 4.92 Å². The van der Waals surface area contributed by atoms with Crippen LogP contribution in [0.5, 0.6) is 0 Å². The highest BCUT2D eigenvalue weighted by Crippen LogP contribution is 2.41. The van der Waals surface area contributed by atoms with E-state index in [-0.39, 0.29) is 35.0 Å². The third kappa shape index (κ3) is 3.41. The molecule has 2 fully saturated rings. The zero-order chi connectivity index (χ0) is 22.2. The monoisotopic (exact) mass is 432 g/mol. The predicted molar refractivity (Wildman–Crippen MR) is 122 cm³/mol. The first-order valence-corrected chi connectivity index (χ1v) is 11.0. The van der Waals surface area contributed by atoms with Crippen molar-refractivity contribution in [3.05, 3.63) is 64.3 Å². The molecule has 2 aromatic carbocycles. The molecule has 1 aliphatic heterocycles. The maximum absolute atomic E-state index is 12.8. The number of nitro benzene ring substituents is 1. The van der Waals surface area contributed by atoms with Crippen molar-refractivity contribution >= 4 is 39.8 Å². The summed E-state index contributed by atoms with van der Waals surface area (Å²) in [6.45, 7) is 0.508. The van der Waals surface area contributed by atoms with Gasteiger partial charge in [-0.3, -0.25) is 19.7 Å². The Balaban J connectivity index is 1.35. The molecule has 0 bridgehead atoms. The Morgan fingerprint density at radius 1 is 1.06 bits per heavy atom. The zero-order valence-corrected chi connectivity index (χ0v) is 17.5. The van der Waals surface area contributed by atoms with E-state index in [1.54, 1.807) is 12.1 Å². The maximum atomic E-state index is 12.8. The van der Waals surface area contributed by atoms with Crippen LogP contribution in [0, 0.1) is 22.0 Å². The molecule has 0 spiro atoms. The lowest BCUT2D eigenvalue weighted by molar-refractivity contribution is -0.383. The summed E-state index contributed by atoms with van der Waals surface area (Å²) in [5, 5.41) is 16.0. The van der Waals surface area contributed by atoms with Gasteiger partial charge in [0.25, 0.3) is 5.69 Å². The Hall–Kier alpha value is -3.68. The molecule has 8 nitrogen and oxygen atoms in total. The van der Waals surface area contributed by atoms with E-state index in [1.165, 1.54) is 6.07 Å². The lowest BCUT2D eigenvalue weighted by atomic mass is 9.81. The minimum Gasteiger partial charge on any atom is -0.379 e. The summed E-state index contributed by atoms with van der Waals surface area (Å²) in [6.07, 6.45) is 5.94. The summed E-state index contributed by atoms with van der Waals surface area (Å²) < 4.78 is 0. The van der Waals surface area contributed by atoms with Crippen LogP contribution in [-0.2, 0) is 16.0 Å². The second-order valence-corrected chi connectivity index (χ2v) is 8.50. The number of rotatable bonds is 6. The Morgan fingerprint density at radius 2 is 1.78 bits per heavy atom. The van der Waals surface area contributed by atoms with Gasteiger partial charge in [-0.25, -0.2) is 4.90 Å². The average Bonchev–Trinajstić information content (AvgIpc) is 3.33. The summed E-state index contributed by atoms with van der Waals surface area (Å²) in [5.41, 5.74) is 2.69. The van der Waals surface area contributed by atoms with Crippen LogP contribution < -0.4 is 10.2 Å². The smallest absolute Gasteiger partial charge is 0.294 e. The molecule has 2 amide bonds. The number of hydrogen-bond donors (Lipinski definition) is 2. The SMILES string of the molecule is O=C1[C@H]2CCCC[C@H]2C(=O)N1c1ccc(NCCc2c[nH]c3ccccc23)c([N+](=O)[O-])c1. The molecule has 2 atom stereocenters. The van der Waals surface area contributed by atoms with Crippen LogP contribution in [0.15, 0.2) is 48.7 Å². The van der Waals surface area contributed by atoms with Gasteiger partial charge in [-0.15, -0.1) is 0 Å². The number of aromatic amines is 1. The van der Waals surface area contributed by atoms with Crippen molar-refractivity contribution in [3.8, 4) is 0 Å². The fraction of sp³-hybridized carbons (Fsp3) is 0.333. The summed E-state index contributed by atoms with van der Waals surface area (Å²) in [5.74, 6) is -1.03. The van der Waals surface area contributed by atoms with E-state index >= 15 is 0 Å². The van der Waals surface area contributed by atoms with Crippen LogP contribution in [0.25, 0.3) is 10.9 Å². The van der Waals surface area contributed by atoms with E-state index in [4.69, 9.17) is 0 Å². The molecule has 1 aliphatic carbocycles. The quantitative estimate of drug-likeness (QED) is 0.341. The Bertz CT molecular complexity index is 1190. The van der Waals surface area contributed by atoms with Gasteiger partial charge in [0.15, 0.2) is 0 Å². The first-order valence-electron chi connectivity index (χ1n) is 11.0. The highest BCUT2D eigenvalue weighted by molar-refractivity contribution is 6.22. The lowest BCUT2D eigenvalue weighted by Gasteiger charge is -2.19. The van der Waals surface area contributed by atoms with Crippen molar-refractivity contribution in [2.75, 3.05) is 16.8 Å². The van der Waals surface area contributed by atoms with E-state index in [9.17, 15) is 19.7 Å². The molecule has 2 aliphatic rings.